The largest absolute Gasteiger partial charge is 0.492 e. The molecule has 0 spiro atoms. The summed E-state index contributed by atoms with van der Waals surface area (Å²) in [4.78, 5) is 13.1. The second kappa shape index (κ2) is 10.4. The van der Waals surface area contributed by atoms with Crippen LogP contribution in [0.15, 0.2) is 72.9 Å². The number of anilines is 1. The molecule has 1 N–H and O–H groups in total. The first-order chi connectivity index (χ1) is 18.6. The van der Waals surface area contributed by atoms with Crippen LogP contribution in [0.3, 0.4) is 0 Å². The summed E-state index contributed by atoms with van der Waals surface area (Å²) in [6.07, 6.45) is 7.34. The zero-order valence-corrected chi connectivity index (χ0v) is 21.3. The molecule has 8 heteroatoms. The van der Waals surface area contributed by atoms with Crippen LogP contribution in [0.2, 0.25) is 0 Å². The fourth-order valence-corrected chi connectivity index (χ4v) is 4.64. The monoisotopic (exact) mass is 503 g/mol. The van der Waals surface area contributed by atoms with Gasteiger partial charge in [-0.2, -0.15) is 0 Å². The summed E-state index contributed by atoms with van der Waals surface area (Å²) in [6.45, 7) is 5.34. The number of nitrogens with zero attached hydrogens (tertiary/aromatic N) is 6. The summed E-state index contributed by atoms with van der Waals surface area (Å²) in [5, 5.41) is 8.47. The van der Waals surface area contributed by atoms with E-state index in [1.807, 2.05) is 54.7 Å². The van der Waals surface area contributed by atoms with E-state index in [0.717, 1.165) is 71.2 Å². The number of aromatic nitrogens is 5. The van der Waals surface area contributed by atoms with Crippen LogP contribution in [-0.4, -0.2) is 69.7 Å². The van der Waals surface area contributed by atoms with E-state index < -0.39 is 0 Å². The molecule has 0 aliphatic carbocycles. The van der Waals surface area contributed by atoms with Crippen LogP contribution in [0, 0.1) is 12.3 Å². The number of piperazine rings is 1. The first-order valence-electron chi connectivity index (χ1n) is 12.8. The maximum absolute atomic E-state index is 5.95. The van der Waals surface area contributed by atoms with E-state index >= 15 is 0 Å². The number of aromatic amines is 1. The molecule has 0 saturated carbocycles. The molecule has 1 aliphatic rings. The van der Waals surface area contributed by atoms with Gasteiger partial charge in [-0.1, -0.05) is 23.3 Å². The summed E-state index contributed by atoms with van der Waals surface area (Å²) >= 11 is 0. The van der Waals surface area contributed by atoms with E-state index in [0.29, 0.717) is 13.2 Å². The maximum Gasteiger partial charge on any atom is 0.138 e. The number of H-pyrrole nitrogens is 1. The Hall–Kier alpha value is -4.61. The lowest BCUT2D eigenvalue weighted by atomic mass is 10.1. The topological polar surface area (TPSA) is 75.1 Å². The Morgan fingerprint density at radius 1 is 0.947 bits per heavy atom. The molecule has 0 radical (unpaired) electrons. The summed E-state index contributed by atoms with van der Waals surface area (Å²) in [6, 6.07) is 22.2. The molecule has 38 heavy (non-hydrogen) atoms. The number of rotatable bonds is 7. The lowest BCUT2D eigenvalue weighted by Gasteiger charge is -2.34. The summed E-state index contributed by atoms with van der Waals surface area (Å²) < 4.78 is 7.73. The first-order valence-corrected chi connectivity index (χ1v) is 12.8. The van der Waals surface area contributed by atoms with Gasteiger partial charge in [0, 0.05) is 48.6 Å². The van der Waals surface area contributed by atoms with Gasteiger partial charge in [0.2, 0.25) is 0 Å². The van der Waals surface area contributed by atoms with Crippen molar-refractivity contribution in [3.8, 4) is 40.7 Å². The normalized spacial score (nSPS) is 14.1. The Morgan fingerprint density at radius 3 is 2.47 bits per heavy atom. The number of hydrogen-bond acceptors (Lipinski definition) is 6. The van der Waals surface area contributed by atoms with E-state index in [4.69, 9.17) is 16.1 Å². The number of terminal acetylenes is 1. The van der Waals surface area contributed by atoms with Crippen molar-refractivity contribution >= 4 is 16.7 Å². The van der Waals surface area contributed by atoms with Crippen molar-refractivity contribution in [2.24, 2.45) is 0 Å². The third-order valence-electron chi connectivity index (χ3n) is 6.94. The van der Waals surface area contributed by atoms with E-state index in [1.54, 1.807) is 4.68 Å². The van der Waals surface area contributed by atoms with Gasteiger partial charge in [-0.3, -0.25) is 0 Å². The molecule has 0 bridgehead atoms. The third kappa shape index (κ3) is 5.10. The predicted octanol–water partition coefficient (Wildman–Crippen LogP) is 4.30. The summed E-state index contributed by atoms with van der Waals surface area (Å²) in [7, 11) is 2.17. The minimum absolute atomic E-state index is 0.484. The van der Waals surface area contributed by atoms with Gasteiger partial charge in [0.1, 0.15) is 23.9 Å². The number of hydrogen-bond donors (Lipinski definition) is 1. The highest BCUT2D eigenvalue weighted by molar-refractivity contribution is 5.83. The van der Waals surface area contributed by atoms with Gasteiger partial charge in [0.15, 0.2) is 0 Å². The lowest BCUT2D eigenvalue weighted by molar-refractivity contribution is 0.290. The van der Waals surface area contributed by atoms with Crippen molar-refractivity contribution in [3.63, 3.8) is 0 Å². The average Bonchev–Trinajstić information content (AvgIpc) is 3.61. The SMILES string of the molecule is C#Cc1ccc(-c2cn(CCOc3ccc(-c4nc5ccc(N6CCN(C)CC6)cc5[nH]4)cc3)nn2)cc1. The van der Waals surface area contributed by atoms with Gasteiger partial charge in [0.25, 0.3) is 0 Å². The summed E-state index contributed by atoms with van der Waals surface area (Å²) in [5.74, 6) is 4.27. The number of likely N-dealkylation sites (N-methyl/N-ethyl adjacent to an activating group) is 1. The molecule has 1 saturated heterocycles. The van der Waals surface area contributed by atoms with E-state index in [9.17, 15) is 0 Å². The van der Waals surface area contributed by atoms with Crippen molar-refractivity contribution in [3.05, 3.63) is 78.5 Å². The smallest absolute Gasteiger partial charge is 0.138 e. The molecule has 5 aromatic rings. The zero-order valence-electron chi connectivity index (χ0n) is 21.3. The highest BCUT2D eigenvalue weighted by Crippen LogP contribution is 2.26. The minimum Gasteiger partial charge on any atom is -0.492 e. The third-order valence-corrected chi connectivity index (χ3v) is 6.94. The van der Waals surface area contributed by atoms with Crippen LogP contribution in [0.25, 0.3) is 33.7 Å². The molecule has 0 amide bonds. The van der Waals surface area contributed by atoms with E-state index in [2.05, 4.69) is 56.3 Å². The number of fused-ring (bicyclic) bond motifs is 1. The molecular weight excluding hydrogens is 474 g/mol. The van der Waals surface area contributed by atoms with Crippen molar-refractivity contribution in [2.45, 2.75) is 6.54 Å². The van der Waals surface area contributed by atoms with Crippen LogP contribution in [0.5, 0.6) is 5.75 Å². The van der Waals surface area contributed by atoms with Gasteiger partial charge < -0.3 is 19.5 Å². The number of imidazole rings is 1. The van der Waals surface area contributed by atoms with E-state index in [-0.39, 0.29) is 0 Å². The quantitative estimate of drug-likeness (QED) is 0.334. The molecule has 0 atom stereocenters. The van der Waals surface area contributed by atoms with Gasteiger partial charge in [-0.05, 0) is 61.6 Å². The molecule has 6 rings (SSSR count). The van der Waals surface area contributed by atoms with Gasteiger partial charge in [-0.15, -0.1) is 11.5 Å². The Kier molecular flexibility index (Phi) is 6.51. The Bertz CT molecular complexity index is 1570. The molecule has 1 aliphatic heterocycles. The van der Waals surface area contributed by atoms with Gasteiger partial charge >= 0.3 is 0 Å². The van der Waals surface area contributed by atoms with Crippen LogP contribution in [0.1, 0.15) is 5.56 Å². The average molecular weight is 504 g/mol. The van der Waals surface area contributed by atoms with Crippen molar-refractivity contribution < 1.29 is 4.74 Å². The Labute approximate surface area is 221 Å². The van der Waals surface area contributed by atoms with Crippen LogP contribution in [0.4, 0.5) is 5.69 Å². The van der Waals surface area contributed by atoms with E-state index in [1.165, 1.54) is 5.69 Å². The lowest BCUT2D eigenvalue weighted by Crippen LogP contribution is -2.44. The predicted molar refractivity (Wildman–Crippen MR) is 150 cm³/mol. The number of ether oxygens (including phenoxy) is 1. The van der Waals surface area contributed by atoms with Gasteiger partial charge in [0.05, 0.1) is 23.8 Å². The van der Waals surface area contributed by atoms with Crippen LogP contribution < -0.4 is 9.64 Å². The minimum atomic E-state index is 0.484. The molecular formula is C30H29N7O. The second-order valence-electron chi connectivity index (χ2n) is 9.54. The van der Waals surface area contributed by atoms with Crippen molar-refractivity contribution in [1.82, 2.24) is 29.9 Å². The standard InChI is InChI=1S/C30H29N7O/c1-3-22-4-6-23(7-5-22)29-21-37(34-33-29)18-19-38-26-11-8-24(9-12-26)30-31-27-13-10-25(20-28(27)32-30)36-16-14-35(2)15-17-36/h1,4-13,20-21H,14-19H2,2H3,(H,31,32). The molecule has 8 nitrogen and oxygen atoms in total. The zero-order chi connectivity index (χ0) is 25.9. The number of benzene rings is 3. The molecule has 1 fully saturated rings. The van der Waals surface area contributed by atoms with Crippen molar-refractivity contribution in [2.75, 3.05) is 44.7 Å². The maximum atomic E-state index is 5.95. The number of nitrogens with one attached hydrogen (secondary N) is 1. The van der Waals surface area contributed by atoms with Gasteiger partial charge in [-0.25, -0.2) is 9.67 Å². The van der Waals surface area contributed by atoms with Crippen LogP contribution in [-0.2, 0) is 6.54 Å². The fraction of sp³-hybridized carbons (Fsp3) is 0.233. The van der Waals surface area contributed by atoms with Crippen LogP contribution >= 0.6 is 0 Å². The highest BCUT2D eigenvalue weighted by Gasteiger charge is 2.15. The molecule has 2 aromatic heterocycles. The Morgan fingerprint density at radius 2 is 1.71 bits per heavy atom. The molecule has 3 aromatic carbocycles. The molecule has 3 heterocycles. The summed E-state index contributed by atoms with van der Waals surface area (Å²) in [5.41, 5.74) is 6.91. The van der Waals surface area contributed by atoms with Crippen molar-refractivity contribution in [1.29, 1.82) is 0 Å². The fourth-order valence-electron chi connectivity index (χ4n) is 4.64. The Balaban J connectivity index is 1.06. The second-order valence-corrected chi connectivity index (χ2v) is 9.54. The molecule has 0 unspecified atom stereocenters. The first kappa shape index (κ1) is 23.8. The molecule has 190 valence electrons. The highest BCUT2D eigenvalue weighted by atomic mass is 16.5.